The molecular weight excluding hydrogens is 593 g/mol. The molecular formula is C34H36F5N3O3. The maximum atomic E-state index is 13.8. The Kier molecular flexibility index (Phi) is 12.6. The second kappa shape index (κ2) is 16.2. The van der Waals surface area contributed by atoms with E-state index in [1.54, 1.807) is 4.90 Å². The number of hydrogen-bond acceptors (Lipinski definition) is 5. The van der Waals surface area contributed by atoms with Crippen LogP contribution in [-0.2, 0) is 23.9 Å². The average molecular weight is 630 g/mol. The van der Waals surface area contributed by atoms with Crippen molar-refractivity contribution in [3.05, 3.63) is 106 Å². The molecule has 6 nitrogen and oxygen atoms in total. The third-order valence-electron chi connectivity index (χ3n) is 6.92. The molecule has 3 N–H and O–H groups in total. The number of hydrogen-bond donors (Lipinski definition) is 2. The zero-order chi connectivity index (χ0) is 33.1. The van der Waals surface area contributed by atoms with Crippen LogP contribution in [-0.4, -0.2) is 48.6 Å². The zero-order valence-electron chi connectivity index (χ0n) is 25.1. The normalized spacial score (nSPS) is 12.7. The van der Waals surface area contributed by atoms with E-state index in [0.717, 1.165) is 37.1 Å². The first-order valence-electron chi connectivity index (χ1n) is 14.5. The lowest BCUT2D eigenvalue weighted by atomic mass is 10.0. The topological polar surface area (TPSA) is 84.7 Å². The van der Waals surface area contributed by atoms with Crippen LogP contribution < -0.4 is 11.1 Å². The Labute approximate surface area is 259 Å². The van der Waals surface area contributed by atoms with Gasteiger partial charge in [-0.1, -0.05) is 38.0 Å². The van der Waals surface area contributed by atoms with Crippen molar-refractivity contribution in [2.45, 2.75) is 58.0 Å². The molecule has 0 aromatic heterocycles. The van der Waals surface area contributed by atoms with Crippen LogP contribution >= 0.6 is 0 Å². The van der Waals surface area contributed by atoms with E-state index in [1.807, 2.05) is 13.8 Å². The lowest BCUT2D eigenvalue weighted by molar-refractivity contribution is -0.137. The number of benzene rings is 3. The van der Waals surface area contributed by atoms with E-state index in [9.17, 15) is 31.5 Å². The van der Waals surface area contributed by atoms with E-state index in [4.69, 9.17) is 16.9 Å². The molecule has 3 aromatic rings. The van der Waals surface area contributed by atoms with Crippen molar-refractivity contribution in [2.24, 2.45) is 5.73 Å². The highest BCUT2D eigenvalue weighted by Crippen LogP contribution is 2.29. The molecule has 45 heavy (non-hydrogen) atoms. The Morgan fingerprint density at radius 1 is 0.956 bits per heavy atom. The Bertz CT molecular complexity index is 1490. The molecule has 0 aliphatic heterocycles. The summed E-state index contributed by atoms with van der Waals surface area (Å²) in [6.45, 7) is 4.79. The van der Waals surface area contributed by atoms with Crippen molar-refractivity contribution in [2.75, 3.05) is 19.6 Å². The van der Waals surface area contributed by atoms with Crippen molar-refractivity contribution >= 4 is 11.9 Å². The van der Waals surface area contributed by atoms with Gasteiger partial charge in [-0.05, 0) is 66.8 Å². The standard InChI is InChI=1S/C34H36F5N3O3/c1-4-10-42(11-5-2)32(43)25-12-22(6-3)13-26(18-25)33(44)45-31(30(40)17-24-15-28(35)19-29(36)16-24)21-41-20-23-8-7-9-27(14-23)34(37,38)39/h3,7-9,12-16,18-19,30-31,41H,4-5,10-11,17,20-21,40H2,1-2H3. The van der Waals surface area contributed by atoms with Gasteiger partial charge in [0, 0.05) is 49.4 Å². The van der Waals surface area contributed by atoms with Gasteiger partial charge in [0.25, 0.3) is 5.91 Å². The number of ether oxygens (including phenoxy) is 1. The number of terminal acetylenes is 1. The number of esters is 1. The van der Waals surface area contributed by atoms with Gasteiger partial charge in [0.1, 0.15) is 17.7 Å². The van der Waals surface area contributed by atoms with Crippen molar-refractivity contribution in [3.8, 4) is 12.3 Å². The van der Waals surface area contributed by atoms with Crippen LogP contribution in [0.2, 0.25) is 0 Å². The van der Waals surface area contributed by atoms with Crippen molar-refractivity contribution in [3.63, 3.8) is 0 Å². The zero-order valence-corrected chi connectivity index (χ0v) is 25.1. The van der Waals surface area contributed by atoms with Gasteiger partial charge in [-0.2, -0.15) is 13.2 Å². The van der Waals surface area contributed by atoms with Crippen LogP contribution in [0.1, 0.15) is 69.7 Å². The quantitative estimate of drug-likeness (QED) is 0.128. The number of carbonyl (C=O) groups excluding carboxylic acids is 2. The first-order valence-corrected chi connectivity index (χ1v) is 14.5. The maximum absolute atomic E-state index is 13.8. The molecule has 3 aromatic carbocycles. The molecule has 240 valence electrons. The van der Waals surface area contributed by atoms with E-state index >= 15 is 0 Å². The highest BCUT2D eigenvalue weighted by atomic mass is 19.4. The van der Waals surface area contributed by atoms with Crippen molar-refractivity contribution in [1.29, 1.82) is 0 Å². The first-order chi connectivity index (χ1) is 21.3. The molecule has 0 fully saturated rings. The highest BCUT2D eigenvalue weighted by Gasteiger charge is 2.30. The monoisotopic (exact) mass is 629 g/mol. The van der Waals surface area contributed by atoms with Gasteiger partial charge >= 0.3 is 12.1 Å². The third-order valence-corrected chi connectivity index (χ3v) is 6.92. The van der Waals surface area contributed by atoms with Crippen molar-refractivity contribution in [1.82, 2.24) is 10.2 Å². The van der Waals surface area contributed by atoms with Crippen molar-refractivity contribution < 1.29 is 36.3 Å². The molecule has 3 rings (SSSR count). The van der Waals surface area contributed by atoms with Gasteiger partial charge in [0.2, 0.25) is 0 Å². The predicted octanol–water partition coefficient (Wildman–Crippen LogP) is 6.11. The van der Waals surface area contributed by atoms with Gasteiger partial charge < -0.3 is 20.7 Å². The number of amides is 1. The number of halogens is 5. The number of nitrogens with zero attached hydrogens (tertiary/aromatic N) is 1. The van der Waals surface area contributed by atoms with E-state index < -0.39 is 41.5 Å². The minimum atomic E-state index is -4.52. The second-order valence-electron chi connectivity index (χ2n) is 10.7. The van der Waals surface area contributed by atoms with Crippen LogP contribution in [0.15, 0.2) is 60.7 Å². The molecule has 0 heterocycles. The van der Waals surface area contributed by atoms with Crippen LogP contribution in [0.5, 0.6) is 0 Å². The molecule has 2 unspecified atom stereocenters. The summed E-state index contributed by atoms with van der Waals surface area (Å²) in [4.78, 5) is 28.4. The fraction of sp³-hybridized carbons (Fsp3) is 0.353. The Balaban J connectivity index is 1.86. The molecule has 0 spiro atoms. The fourth-order valence-corrected chi connectivity index (χ4v) is 4.82. The van der Waals surface area contributed by atoms with Gasteiger partial charge in [-0.25, -0.2) is 13.6 Å². The summed E-state index contributed by atoms with van der Waals surface area (Å²) in [5.41, 5.74) is 6.58. The summed E-state index contributed by atoms with van der Waals surface area (Å²) in [6, 6.07) is 10.9. The minimum absolute atomic E-state index is 0.00590. The number of rotatable bonds is 14. The van der Waals surface area contributed by atoms with Crippen LogP contribution in [0, 0.1) is 24.0 Å². The molecule has 11 heteroatoms. The molecule has 0 saturated carbocycles. The van der Waals surface area contributed by atoms with Gasteiger partial charge in [-0.15, -0.1) is 6.42 Å². The number of alkyl halides is 3. The molecule has 0 saturated heterocycles. The second-order valence-corrected chi connectivity index (χ2v) is 10.7. The molecule has 0 bridgehead atoms. The predicted molar refractivity (Wildman–Crippen MR) is 161 cm³/mol. The number of nitrogens with one attached hydrogen (secondary N) is 1. The summed E-state index contributed by atoms with van der Waals surface area (Å²) in [6.07, 6.45) is 1.37. The Morgan fingerprint density at radius 2 is 1.60 bits per heavy atom. The average Bonchev–Trinajstić information content (AvgIpc) is 2.99. The molecule has 0 aliphatic rings. The Morgan fingerprint density at radius 3 is 2.20 bits per heavy atom. The number of carbonyl (C=O) groups is 2. The SMILES string of the molecule is C#Cc1cc(C(=O)OC(CNCc2cccc(C(F)(F)F)c2)C(N)Cc2cc(F)cc(F)c2)cc(C(=O)N(CCC)CCC)c1. The number of nitrogens with two attached hydrogens (primary N) is 1. The fourth-order valence-electron chi connectivity index (χ4n) is 4.82. The van der Waals surface area contributed by atoms with Gasteiger partial charge in [0.05, 0.1) is 11.1 Å². The summed E-state index contributed by atoms with van der Waals surface area (Å²) in [5, 5.41) is 2.96. The smallest absolute Gasteiger partial charge is 0.416 e. The summed E-state index contributed by atoms with van der Waals surface area (Å²) < 4.78 is 72.9. The minimum Gasteiger partial charge on any atom is -0.456 e. The molecule has 0 aliphatic carbocycles. The highest BCUT2D eigenvalue weighted by molar-refractivity contribution is 5.98. The first kappa shape index (κ1) is 35.2. The van der Waals surface area contributed by atoms with Crippen LogP contribution in [0.25, 0.3) is 0 Å². The van der Waals surface area contributed by atoms with Crippen LogP contribution in [0.4, 0.5) is 22.0 Å². The van der Waals surface area contributed by atoms with E-state index in [0.29, 0.717) is 24.7 Å². The Hall–Kier alpha value is -4.27. The molecule has 0 radical (unpaired) electrons. The van der Waals surface area contributed by atoms with E-state index in [2.05, 4.69) is 11.2 Å². The lowest BCUT2D eigenvalue weighted by Gasteiger charge is -2.25. The molecule has 2 atom stereocenters. The van der Waals surface area contributed by atoms with Gasteiger partial charge in [-0.3, -0.25) is 4.79 Å². The maximum Gasteiger partial charge on any atom is 0.416 e. The molecule has 1 amide bonds. The third kappa shape index (κ3) is 10.4. The summed E-state index contributed by atoms with van der Waals surface area (Å²) in [7, 11) is 0. The lowest BCUT2D eigenvalue weighted by Crippen LogP contribution is -2.46. The van der Waals surface area contributed by atoms with Crippen LogP contribution in [0.3, 0.4) is 0 Å². The van der Waals surface area contributed by atoms with E-state index in [1.165, 1.54) is 30.3 Å². The summed E-state index contributed by atoms with van der Waals surface area (Å²) >= 11 is 0. The van der Waals surface area contributed by atoms with Gasteiger partial charge in [0.15, 0.2) is 0 Å². The summed E-state index contributed by atoms with van der Waals surface area (Å²) in [5.74, 6) is -0.330. The van der Waals surface area contributed by atoms with E-state index in [-0.39, 0.29) is 47.7 Å². The largest absolute Gasteiger partial charge is 0.456 e.